The number of ether oxygens (including phenoxy) is 3. The number of benzene rings is 2. The van der Waals surface area contributed by atoms with Crippen molar-refractivity contribution in [3.63, 3.8) is 0 Å². The first kappa shape index (κ1) is 43.6. The van der Waals surface area contributed by atoms with Crippen molar-refractivity contribution in [2.75, 3.05) is 18.9 Å². The van der Waals surface area contributed by atoms with Gasteiger partial charge in [0.05, 0.1) is 36.9 Å². The summed E-state index contributed by atoms with van der Waals surface area (Å²) in [6.07, 6.45) is -4.97. The average molecular weight is 812 g/mol. The minimum Gasteiger partial charge on any atom is -0.462 e. The van der Waals surface area contributed by atoms with E-state index in [0.717, 1.165) is 4.57 Å². The van der Waals surface area contributed by atoms with Crippen molar-refractivity contribution in [2.24, 2.45) is 5.41 Å². The van der Waals surface area contributed by atoms with E-state index >= 15 is 4.39 Å². The standard InChI is InChI=1S/C35H48FN5O12P2/c1-22(2)49-32(42)24(5)39-54(45,52-26-14-10-8-11-15-26)47-20-28-35(7,30(36)31(51-28)41-19-18-29(37)38-34(41)44)21-48-55(46,53-27-16-12-9-13-17-27)40-25(6)33(43)50-23(3)4/h8-19,22-25,28,30-31H,20-21H2,1-7H3,(H,39,45)(H,40,46)(H2,37,38,44)/t24-,25-,28+,30?,31+,35?,54?,55?/m0/s1. The van der Waals surface area contributed by atoms with Crippen LogP contribution in [0, 0.1) is 5.41 Å². The highest BCUT2D eigenvalue weighted by Crippen LogP contribution is 2.53. The Bertz CT molecular complexity index is 1910. The van der Waals surface area contributed by atoms with Crippen LogP contribution in [0.2, 0.25) is 0 Å². The number of rotatable bonds is 19. The van der Waals surface area contributed by atoms with E-state index in [-0.39, 0.29) is 17.3 Å². The molecule has 8 atom stereocenters. The van der Waals surface area contributed by atoms with Gasteiger partial charge in [-0.15, -0.1) is 0 Å². The molecular weight excluding hydrogens is 763 g/mol. The first-order chi connectivity index (χ1) is 25.8. The maximum absolute atomic E-state index is 16.9. The molecule has 1 fully saturated rings. The van der Waals surface area contributed by atoms with Crippen LogP contribution < -0.4 is 30.6 Å². The van der Waals surface area contributed by atoms with Gasteiger partial charge in [0.15, 0.2) is 12.4 Å². The average Bonchev–Trinajstić information content (AvgIpc) is 3.35. The topological polar surface area (TPSA) is 218 Å². The molecule has 2 heterocycles. The molecule has 0 bridgehead atoms. The van der Waals surface area contributed by atoms with Gasteiger partial charge in [-0.1, -0.05) is 43.3 Å². The summed E-state index contributed by atoms with van der Waals surface area (Å²) in [5, 5.41) is 5.11. The Labute approximate surface area is 318 Å². The fraction of sp³-hybridized carbons (Fsp3) is 0.486. The molecule has 0 aliphatic carbocycles. The van der Waals surface area contributed by atoms with Crippen LogP contribution in [0.5, 0.6) is 11.5 Å². The lowest BCUT2D eigenvalue weighted by Gasteiger charge is -2.33. The Kier molecular flexibility index (Phi) is 14.8. The van der Waals surface area contributed by atoms with Crippen LogP contribution in [-0.2, 0) is 42.0 Å². The summed E-state index contributed by atoms with van der Waals surface area (Å²) in [5.41, 5.74) is 2.87. The van der Waals surface area contributed by atoms with E-state index < -0.39 is 94.5 Å². The van der Waals surface area contributed by atoms with Gasteiger partial charge in [0.1, 0.15) is 29.4 Å². The number of nitrogens with zero attached hydrogens (tertiary/aromatic N) is 2. The van der Waals surface area contributed by atoms with Crippen molar-refractivity contribution in [1.82, 2.24) is 19.7 Å². The van der Waals surface area contributed by atoms with E-state index in [1.807, 2.05) is 0 Å². The number of halogens is 1. The van der Waals surface area contributed by atoms with Crippen molar-refractivity contribution in [3.8, 4) is 11.5 Å². The maximum atomic E-state index is 16.9. The molecule has 1 aromatic heterocycles. The third kappa shape index (κ3) is 11.9. The fourth-order valence-corrected chi connectivity index (χ4v) is 8.28. The van der Waals surface area contributed by atoms with Crippen LogP contribution in [-0.4, -0.2) is 71.3 Å². The van der Waals surface area contributed by atoms with Crippen LogP contribution in [0.4, 0.5) is 10.2 Å². The lowest BCUT2D eigenvalue weighted by Crippen LogP contribution is -2.44. The van der Waals surface area contributed by atoms with Crippen LogP contribution >= 0.6 is 15.5 Å². The molecule has 1 aliphatic rings. The highest BCUT2D eigenvalue weighted by Gasteiger charge is 2.57. The van der Waals surface area contributed by atoms with Gasteiger partial charge in [0, 0.05) is 6.20 Å². The van der Waals surface area contributed by atoms with Crippen LogP contribution in [0.1, 0.15) is 54.7 Å². The Hall–Kier alpha value is -4.15. The number of esters is 2. The maximum Gasteiger partial charge on any atom is 0.459 e. The van der Waals surface area contributed by atoms with Crippen molar-refractivity contribution >= 4 is 33.2 Å². The van der Waals surface area contributed by atoms with Crippen LogP contribution in [0.25, 0.3) is 0 Å². The second-order valence-corrected chi connectivity index (χ2v) is 16.9. The van der Waals surface area contributed by atoms with Crippen LogP contribution in [0.3, 0.4) is 0 Å². The molecule has 0 radical (unpaired) electrons. The number of nitrogens with two attached hydrogens (primary N) is 1. The Morgan fingerprint density at radius 1 is 0.855 bits per heavy atom. The summed E-state index contributed by atoms with van der Waals surface area (Å²) in [6.45, 7) is 9.28. The van der Waals surface area contributed by atoms with Crippen molar-refractivity contribution in [1.29, 1.82) is 0 Å². The molecule has 4 rings (SSSR count). The summed E-state index contributed by atoms with van der Waals surface area (Å²) in [4.78, 5) is 42.0. The summed E-state index contributed by atoms with van der Waals surface area (Å²) in [5.74, 6) is -1.43. The number of nitrogens with one attached hydrogen (secondary N) is 2. The van der Waals surface area contributed by atoms with E-state index in [2.05, 4.69) is 15.2 Å². The van der Waals surface area contributed by atoms with Gasteiger partial charge in [-0.2, -0.15) is 15.2 Å². The normalized spacial score (nSPS) is 23.0. The zero-order valence-corrected chi connectivity index (χ0v) is 33.3. The highest BCUT2D eigenvalue weighted by atomic mass is 31.2. The predicted octanol–water partition coefficient (Wildman–Crippen LogP) is 5.33. The van der Waals surface area contributed by atoms with Gasteiger partial charge in [-0.25, -0.2) is 18.3 Å². The molecule has 0 spiro atoms. The molecule has 2 aromatic carbocycles. The number of carbonyl (C=O) groups is 2. The van der Waals surface area contributed by atoms with Crippen LogP contribution in [0.15, 0.2) is 77.7 Å². The van der Waals surface area contributed by atoms with Crippen molar-refractivity contribution in [3.05, 3.63) is 83.4 Å². The molecule has 55 heavy (non-hydrogen) atoms. The third-order valence-electron chi connectivity index (χ3n) is 8.04. The SMILES string of the molecule is CC(C)OC(=O)[C@H](C)NP(=O)(OC[C@H]1O[C@@H](n2ccc(N)nc2=O)C(F)C1(C)COP(=O)(N[C@@H](C)C(=O)OC(C)C)Oc1ccccc1)Oc1ccccc1. The lowest BCUT2D eigenvalue weighted by atomic mass is 9.82. The molecule has 0 saturated carbocycles. The van der Waals surface area contributed by atoms with E-state index in [9.17, 15) is 23.5 Å². The zero-order valence-electron chi connectivity index (χ0n) is 31.5. The smallest absolute Gasteiger partial charge is 0.459 e. The summed E-state index contributed by atoms with van der Waals surface area (Å²) in [6, 6.07) is 14.7. The molecule has 1 saturated heterocycles. The second-order valence-electron chi connectivity index (χ2n) is 13.5. The summed E-state index contributed by atoms with van der Waals surface area (Å²) >= 11 is 0. The number of hydrogen-bond acceptors (Lipinski definition) is 14. The molecule has 20 heteroatoms. The largest absolute Gasteiger partial charge is 0.462 e. The highest BCUT2D eigenvalue weighted by molar-refractivity contribution is 7.52. The first-order valence-corrected chi connectivity index (χ1v) is 20.5. The van der Waals surface area contributed by atoms with E-state index in [1.54, 1.807) is 64.1 Å². The van der Waals surface area contributed by atoms with Gasteiger partial charge in [-0.3, -0.25) is 23.2 Å². The monoisotopic (exact) mass is 811 g/mol. The Balaban J connectivity index is 1.69. The van der Waals surface area contributed by atoms with E-state index in [4.69, 9.17) is 38.0 Å². The molecule has 3 aromatic rings. The quantitative estimate of drug-likeness (QED) is 0.103. The van der Waals surface area contributed by atoms with Gasteiger partial charge >= 0.3 is 33.1 Å². The Morgan fingerprint density at radius 3 is 1.78 bits per heavy atom. The van der Waals surface area contributed by atoms with E-state index in [0.29, 0.717) is 0 Å². The number of hydrogen-bond donors (Lipinski definition) is 3. The fourth-order valence-electron chi connectivity index (χ4n) is 5.18. The molecule has 4 unspecified atom stereocenters. The number of alkyl halides is 1. The molecule has 302 valence electrons. The molecule has 4 N–H and O–H groups in total. The van der Waals surface area contributed by atoms with Gasteiger partial charge in [0.25, 0.3) is 0 Å². The van der Waals surface area contributed by atoms with Gasteiger partial charge < -0.3 is 29.0 Å². The van der Waals surface area contributed by atoms with E-state index in [1.165, 1.54) is 57.3 Å². The summed E-state index contributed by atoms with van der Waals surface area (Å²) < 4.78 is 86.2. The molecule has 0 amide bonds. The number of nitrogen functional groups attached to an aromatic ring is 1. The summed E-state index contributed by atoms with van der Waals surface area (Å²) in [7, 11) is -9.05. The second kappa shape index (κ2) is 18.7. The minimum absolute atomic E-state index is 0.0971. The third-order valence-corrected chi connectivity index (χ3v) is 11.3. The number of anilines is 1. The number of carbonyl (C=O) groups excluding carboxylic acids is 2. The minimum atomic E-state index is -4.54. The molecule has 17 nitrogen and oxygen atoms in total. The zero-order chi connectivity index (χ0) is 40.6. The van der Waals surface area contributed by atoms with Gasteiger partial charge in [0.2, 0.25) is 0 Å². The van der Waals surface area contributed by atoms with Gasteiger partial charge in [-0.05, 0) is 71.9 Å². The predicted molar refractivity (Wildman–Crippen MR) is 199 cm³/mol. The molecular formula is C35H48FN5O12P2. The lowest BCUT2D eigenvalue weighted by molar-refractivity contribution is -0.150. The first-order valence-electron chi connectivity index (χ1n) is 17.4. The van der Waals surface area contributed by atoms with Crippen molar-refractivity contribution < 1.29 is 55.4 Å². The molecule has 1 aliphatic heterocycles. The number of para-hydroxylation sites is 2. The number of aromatic nitrogens is 2. The Morgan fingerprint density at radius 2 is 1.33 bits per heavy atom. The van der Waals surface area contributed by atoms with Crippen molar-refractivity contribution in [2.45, 2.75) is 91.3 Å².